The molecule has 3 heterocycles. The maximum Gasteiger partial charge on any atom is 0.333 e. The van der Waals surface area contributed by atoms with E-state index in [1.807, 2.05) is 41.8 Å². The number of urea groups is 1. The van der Waals surface area contributed by atoms with Gasteiger partial charge in [0.1, 0.15) is 15.9 Å². The highest BCUT2D eigenvalue weighted by atomic mass is 35.5. The van der Waals surface area contributed by atoms with Gasteiger partial charge in [-0.25, -0.2) is 27.9 Å². The fourth-order valence-electron chi connectivity index (χ4n) is 3.52. The highest BCUT2D eigenvalue weighted by molar-refractivity contribution is 7.92. The van der Waals surface area contributed by atoms with Crippen LogP contribution in [0, 0.1) is 0 Å². The molecule has 3 aromatic rings. The van der Waals surface area contributed by atoms with Crippen molar-refractivity contribution >= 4 is 73.4 Å². The zero-order chi connectivity index (χ0) is 25.9. The highest BCUT2D eigenvalue weighted by Crippen LogP contribution is 2.37. The summed E-state index contributed by atoms with van der Waals surface area (Å²) in [6.07, 6.45) is 1.43. The lowest BCUT2D eigenvalue weighted by molar-refractivity contribution is 0.256. The Morgan fingerprint density at radius 2 is 1.92 bits per heavy atom. The van der Waals surface area contributed by atoms with Crippen LogP contribution >= 0.6 is 22.9 Å². The topological polar surface area (TPSA) is 128 Å². The third kappa shape index (κ3) is 5.68. The van der Waals surface area contributed by atoms with Crippen molar-refractivity contribution in [3.63, 3.8) is 0 Å². The van der Waals surface area contributed by atoms with E-state index in [1.165, 1.54) is 18.3 Å². The number of pyridine rings is 1. The van der Waals surface area contributed by atoms with E-state index in [9.17, 15) is 13.2 Å². The molecule has 10 nitrogen and oxygen atoms in total. The van der Waals surface area contributed by atoms with Crippen LogP contribution in [0.2, 0.25) is 4.34 Å². The molecule has 0 atom stereocenters. The van der Waals surface area contributed by atoms with Crippen molar-refractivity contribution < 1.29 is 13.2 Å². The normalized spacial score (nSPS) is 13.1. The van der Waals surface area contributed by atoms with Gasteiger partial charge in [0.05, 0.1) is 27.6 Å². The number of hydrogen-bond acceptors (Lipinski definition) is 9. The Morgan fingerprint density at radius 1 is 1.14 bits per heavy atom. The molecule has 1 aromatic carbocycles. The SMILES string of the molecule is C=C1c2ccc(NCCNC)cc2N=C(C)N1c1ccc(NC(=O)NS(=O)(=O)c2ccc(Cl)s2)cn1. The number of sulfonamides is 1. The van der Waals surface area contributed by atoms with Crippen LogP contribution in [0.1, 0.15) is 12.5 Å². The molecule has 0 spiro atoms. The van der Waals surface area contributed by atoms with Crippen molar-refractivity contribution in [2.75, 3.05) is 35.7 Å². The van der Waals surface area contributed by atoms with E-state index in [0.717, 1.165) is 41.4 Å². The van der Waals surface area contributed by atoms with Gasteiger partial charge in [0.2, 0.25) is 0 Å². The predicted molar refractivity (Wildman–Crippen MR) is 146 cm³/mol. The lowest BCUT2D eigenvalue weighted by atomic mass is 10.1. The number of carbonyl (C=O) groups excluding carboxylic acids is 1. The van der Waals surface area contributed by atoms with Gasteiger partial charge in [-0.2, -0.15) is 0 Å². The number of halogens is 1. The van der Waals surface area contributed by atoms with E-state index in [2.05, 4.69) is 27.5 Å². The molecule has 0 radical (unpaired) electrons. The summed E-state index contributed by atoms with van der Waals surface area (Å²) in [5.74, 6) is 1.24. The summed E-state index contributed by atoms with van der Waals surface area (Å²) in [5.41, 5.74) is 3.68. The summed E-state index contributed by atoms with van der Waals surface area (Å²) >= 11 is 6.64. The summed E-state index contributed by atoms with van der Waals surface area (Å²) in [4.78, 5) is 23.2. The number of likely N-dealkylation sites (N-methyl/N-ethyl adjacent to an activating group) is 1. The van der Waals surface area contributed by atoms with Crippen LogP contribution in [0.4, 0.5) is 27.7 Å². The second kappa shape index (κ2) is 10.7. The van der Waals surface area contributed by atoms with Crippen LogP contribution in [0.15, 0.2) is 64.4 Å². The lowest BCUT2D eigenvalue weighted by Crippen LogP contribution is -2.34. The third-order valence-corrected chi connectivity index (χ3v) is 8.22. The fourth-order valence-corrected chi connectivity index (χ4v) is 5.91. The van der Waals surface area contributed by atoms with Gasteiger partial charge < -0.3 is 16.0 Å². The van der Waals surface area contributed by atoms with E-state index < -0.39 is 16.1 Å². The number of rotatable bonds is 8. The van der Waals surface area contributed by atoms with Crippen LogP contribution in [-0.4, -0.2) is 45.4 Å². The number of benzene rings is 1. The quantitative estimate of drug-likeness (QED) is 0.307. The standard InChI is InChI=1S/C23H24ClN7O3S2/c1-14-18-6-4-16(26-11-10-25-3)12-19(18)28-15(2)31(14)21-8-5-17(13-27-21)29-23(32)30-36(33,34)22-9-7-20(24)35-22/h4-9,12-13,25-26H,1,10-11H2,2-3H3,(H2,29,30,32). The number of nitrogens with one attached hydrogen (secondary N) is 4. The molecule has 4 N–H and O–H groups in total. The number of aliphatic imine (C=N–C) groups is 1. The minimum atomic E-state index is -4.03. The van der Waals surface area contributed by atoms with Crippen LogP contribution in [0.3, 0.4) is 0 Å². The summed E-state index contributed by atoms with van der Waals surface area (Å²) in [6.45, 7) is 7.73. The first kappa shape index (κ1) is 25.6. The molecule has 13 heteroatoms. The molecule has 2 aromatic heterocycles. The van der Waals surface area contributed by atoms with Gasteiger partial charge in [-0.15, -0.1) is 11.3 Å². The number of amidine groups is 1. The number of hydrogen-bond donors (Lipinski definition) is 4. The molecule has 1 aliphatic heterocycles. The molecule has 4 rings (SSSR count). The van der Waals surface area contributed by atoms with Gasteiger partial charge in [0, 0.05) is 24.3 Å². The zero-order valence-electron chi connectivity index (χ0n) is 19.5. The van der Waals surface area contributed by atoms with Crippen LogP contribution in [0.5, 0.6) is 0 Å². The highest BCUT2D eigenvalue weighted by Gasteiger charge is 2.24. The first-order valence-corrected chi connectivity index (χ1v) is 13.5. The molecule has 1 aliphatic rings. The second-order valence-electron chi connectivity index (χ2n) is 7.73. The first-order valence-electron chi connectivity index (χ1n) is 10.8. The molecule has 0 unspecified atom stereocenters. The zero-order valence-corrected chi connectivity index (χ0v) is 21.9. The Bertz CT molecular complexity index is 1440. The summed E-state index contributed by atoms with van der Waals surface area (Å²) in [7, 11) is -2.13. The number of amides is 2. The van der Waals surface area contributed by atoms with E-state index in [1.54, 1.807) is 12.1 Å². The minimum absolute atomic E-state index is 0.0596. The van der Waals surface area contributed by atoms with Gasteiger partial charge >= 0.3 is 6.03 Å². The van der Waals surface area contributed by atoms with Gasteiger partial charge in [-0.05, 0) is 56.4 Å². The molecule has 0 saturated carbocycles. The molecule has 36 heavy (non-hydrogen) atoms. The molecule has 0 fully saturated rings. The Kier molecular flexibility index (Phi) is 7.59. The molecular weight excluding hydrogens is 522 g/mol. The number of fused-ring (bicyclic) bond motifs is 1. The van der Waals surface area contributed by atoms with E-state index in [4.69, 9.17) is 16.6 Å². The number of thiophene rings is 1. The second-order valence-corrected chi connectivity index (χ2v) is 11.4. The molecule has 0 saturated heterocycles. The van der Waals surface area contributed by atoms with Crippen molar-refractivity contribution in [2.24, 2.45) is 4.99 Å². The smallest absolute Gasteiger partial charge is 0.333 e. The Balaban J connectivity index is 1.45. The number of anilines is 3. The largest absolute Gasteiger partial charge is 0.384 e. The maximum absolute atomic E-state index is 12.3. The van der Waals surface area contributed by atoms with Gasteiger partial charge in [-0.1, -0.05) is 18.2 Å². The molecule has 2 amide bonds. The molecule has 188 valence electrons. The molecular formula is C23H24ClN7O3S2. The van der Waals surface area contributed by atoms with E-state index in [0.29, 0.717) is 27.4 Å². The van der Waals surface area contributed by atoms with Gasteiger partial charge in [0.25, 0.3) is 10.0 Å². The molecule has 0 aliphatic carbocycles. The number of nitrogens with zero attached hydrogens (tertiary/aromatic N) is 3. The van der Waals surface area contributed by atoms with Gasteiger partial charge in [0.15, 0.2) is 0 Å². The molecule has 0 bridgehead atoms. The summed E-state index contributed by atoms with van der Waals surface area (Å²) in [5, 5.41) is 8.91. The van der Waals surface area contributed by atoms with Crippen molar-refractivity contribution in [3.8, 4) is 0 Å². The van der Waals surface area contributed by atoms with E-state index >= 15 is 0 Å². The average molecular weight is 546 g/mol. The van der Waals surface area contributed by atoms with Crippen molar-refractivity contribution in [3.05, 3.63) is 65.1 Å². The van der Waals surface area contributed by atoms with Crippen molar-refractivity contribution in [2.45, 2.75) is 11.1 Å². The average Bonchev–Trinajstić information content (AvgIpc) is 3.27. The van der Waals surface area contributed by atoms with Crippen molar-refractivity contribution in [1.82, 2.24) is 15.0 Å². The predicted octanol–water partition coefficient (Wildman–Crippen LogP) is 4.48. The Hall–Kier alpha value is -3.45. The third-order valence-electron chi connectivity index (χ3n) is 5.16. The Morgan fingerprint density at radius 3 is 2.58 bits per heavy atom. The monoisotopic (exact) mass is 545 g/mol. The lowest BCUT2D eigenvalue weighted by Gasteiger charge is -2.30. The maximum atomic E-state index is 12.3. The first-order chi connectivity index (χ1) is 17.2. The van der Waals surface area contributed by atoms with Crippen LogP contribution < -0.4 is 25.6 Å². The fraction of sp³-hybridized carbons (Fsp3) is 0.174. The summed E-state index contributed by atoms with van der Waals surface area (Å²) in [6, 6.07) is 11.1. The van der Waals surface area contributed by atoms with Gasteiger partial charge in [-0.3, -0.25) is 4.90 Å². The number of carbonyl (C=O) groups is 1. The minimum Gasteiger partial charge on any atom is -0.384 e. The van der Waals surface area contributed by atoms with Crippen LogP contribution in [0.25, 0.3) is 5.70 Å². The number of aromatic nitrogens is 1. The summed E-state index contributed by atoms with van der Waals surface area (Å²) < 4.78 is 26.8. The van der Waals surface area contributed by atoms with Crippen molar-refractivity contribution in [1.29, 1.82) is 0 Å². The van der Waals surface area contributed by atoms with Crippen LogP contribution in [-0.2, 0) is 10.0 Å². The van der Waals surface area contributed by atoms with E-state index in [-0.39, 0.29) is 4.21 Å². The Labute approximate surface area is 218 Å².